The van der Waals surface area contributed by atoms with Crippen molar-refractivity contribution in [1.29, 1.82) is 0 Å². The summed E-state index contributed by atoms with van der Waals surface area (Å²) in [4.78, 5) is 25.0. The Balaban J connectivity index is 1.82. The number of carboxylic acids is 1. The SMILES string of the molecule is O=C(O)CCCN1C(=O)/C(=C/c2cccc(-c3cc(F)ccc3F)c2)SC1=S. The first kappa shape index (κ1) is 20.2. The topological polar surface area (TPSA) is 57.6 Å². The molecule has 28 heavy (non-hydrogen) atoms. The molecular weight excluding hydrogens is 404 g/mol. The monoisotopic (exact) mass is 419 g/mol. The molecule has 0 unspecified atom stereocenters. The van der Waals surface area contributed by atoms with Gasteiger partial charge in [-0.05, 0) is 47.9 Å². The fourth-order valence-corrected chi connectivity index (χ4v) is 4.06. The molecule has 0 bridgehead atoms. The van der Waals surface area contributed by atoms with Crippen molar-refractivity contribution in [3.8, 4) is 11.1 Å². The van der Waals surface area contributed by atoms with Gasteiger partial charge in [0.1, 0.15) is 16.0 Å². The average molecular weight is 419 g/mol. The van der Waals surface area contributed by atoms with Gasteiger partial charge in [0.2, 0.25) is 0 Å². The Morgan fingerprint density at radius 2 is 2.00 bits per heavy atom. The number of halogens is 2. The number of amides is 1. The van der Waals surface area contributed by atoms with Crippen LogP contribution in [0.3, 0.4) is 0 Å². The molecule has 3 rings (SSSR count). The Morgan fingerprint density at radius 3 is 2.75 bits per heavy atom. The van der Waals surface area contributed by atoms with Gasteiger partial charge in [0.05, 0.1) is 4.91 Å². The van der Waals surface area contributed by atoms with Gasteiger partial charge >= 0.3 is 5.97 Å². The third kappa shape index (κ3) is 4.63. The van der Waals surface area contributed by atoms with Crippen LogP contribution >= 0.6 is 24.0 Å². The van der Waals surface area contributed by atoms with Crippen molar-refractivity contribution in [2.24, 2.45) is 0 Å². The minimum absolute atomic E-state index is 0.0443. The summed E-state index contributed by atoms with van der Waals surface area (Å²) in [6, 6.07) is 10.0. The first-order valence-corrected chi connectivity index (χ1v) is 9.60. The van der Waals surface area contributed by atoms with Crippen LogP contribution in [0.4, 0.5) is 8.78 Å². The molecule has 0 spiro atoms. The van der Waals surface area contributed by atoms with Gasteiger partial charge in [0, 0.05) is 18.5 Å². The smallest absolute Gasteiger partial charge is 0.303 e. The number of carboxylic acid groups (broad SMARTS) is 1. The number of thioether (sulfide) groups is 1. The van der Waals surface area contributed by atoms with Gasteiger partial charge < -0.3 is 5.11 Å². The predicted molar refractivity (Wildman–Crippen MR) is 109 cm³/mol. The van der Waals surface area contributed by atoms with Crippen molar-refractivity contribution in [3.63, 3.8) is 0 Å². The molecule has 0 atom stereocenters. The molecule has 144 valence electrons. The molecule has 0 aliphatic carbocycles. The van der Waals surface area contributed by atoms with Gasteiger partial charge in [0.25, 0.3) is 5.91 Å². The van der Waals surface area contributed by atoms with Gasteiger partial charge in [-0.15, -0.1) is 0 Å². The van der Waals surface area contributed by atoms with E-state index in [0.717, 1.165) is 30.0 Å². The second-order valence-corrected chi connectivity index (χ2v) is 7.76. The minimum atomic E-state index is -0.928. The van der Waals surface area contributed by atoms with E-state index in [1.807, 2.05) is 0 Å². The van der Waals surface area contributed by atoms with E-state index in [0.29, 0.717) is 26.8 Å². The molecule has 8 heteroatoms. The summed E-state index contributed by atoms with van der Waals surface area (Å²) in [5.74, 6) is -2.29. The van der Waals surface area contributed by atoms with Crippen LogP contribution in [0, 0.1) is 11.6 Å². The van der Waals surface area contributed by atoms with E-state index in [-0.39, 0.29) is 24.4 Å². The van der Waals surface area contributed by atoms with Crippen molar-refractivity contribution < 1.29 is 23.5 Å². The molecule has 0 radical (unpaired) electrons. The van der Waals surface area contributed by atoms with Crippen LogP contribution in [0.1, 0.15) is 18.4 Å². The van der Waals surface area contributed by atoms with Gasteiger partial charge in [-0.3, -0.25) is 14.5 Å². The molecule has 1 aliphatic rings. The fraction of sp³-hybridized carbons (Fsp3) is 0.150. The normalized spacial score (nSPS) is 15.5. The molecule has 4 nitrogen and oxygen atoms in total. The van der Waals surface area contributed by atoms with Gasteiger partial charge in [-0.2, -0.15) is 0 Å². The highest BCUT2D eigenvalue weighted by atomic mass is 32.2. The number of carbonyl (C=O) groups is 2. The van der Waals surface area contributed by atoms with Gasteiger partial charge in [0.15, 0.2) is 0 Å². The number of rotatable bonds is 6. The van der Waals surface area contributed by atoms with Crippen LogP contribution in [0.15, 0.2) is 47.4 Å². The average Bonchev–Trinajstić information content (AvgIpc) is 2.91. The van der Waals surface area contributed by atoms with E-state index in [1.54, 1.807) is 30.3 Å². The van der Waals surface area contributed by atoms with E-state index in [2.05, 4.69) is 0 Å². The number of hydrogen-bond acceptors (Lipinski definition) is 4. The van der Waals surface area contributed by atoms with Gasteiger partial charge in [-0.1, -0.05) is 42.2 Å². The zero-order valence-electron chi connectivity index (χ0n) is 14.5. The lowest BCUT2D eigenvalue weighted by Gasteiger charge is -2.13. The van der Waals surface area contributed by atoms with Gasteiger partial charge in [-0.25, -0.2) is 8.78 Å². The summed E-state index contributed by atoms with van der Waals surface area (Å²) in [5, 5.41) is 8.72. The third-order valence-electron chi connectivity index (χ3n) is 4.07. The summed E-state index contributed by atoms with van der Waals surface area (Å²) < 4.78 is 27.9. The van der Waals surface area contributed by atoms with Crippen LogP contribution in [-0.4, -0.2) is 32.7 Å². The molecule has 1 aliphatic heterocycles. The van der Waals surface area contributed by atoms with Crippen molar-refractivity contribution >= 4 is 46.3 Å². The molecule has 1 heterocycles. The maximum absolute atomic E-state index is 14.0. The molecule has 1 saturated heterocycles. The molecule has 0 aromatic heterocycles. The first-order chi connectivity index (χ1) is 13.3. The Bertz CT molecular complexity index is 991. The maximum Gasteiger partial charge on any atom is 0.303 e. The van der Waals surface area contributed by atoms with Crippen LogP contribution in [-0.2, 0) is 9.59 Å². The largest absolute Gasteiger partial charge is 0.481 e. The lowest BCUT2D eigenvalue weighted by Crippen LogP contribution is -2.29. The van der Waals surface area contributed by atoms with E-state index in [9.17, 15) is 18.4 Å². The molecular formula is C20H15F2NO3S2. The van der Waals surface area contributed by atoms with E-state index >= 15 is 0 Å². The zero-order chi connectivity index (χ0) is 20.3. The highest BCUT2D eigenvalue weighted by Gasteiger charge is 2.31. The summed E-state index contributed by atoms with van der Waals surface area (Å²) in [7, 11) is 0. The summed E-state index contributed by atoms with van der Waals surface area (Å²) >= 11 is 6.34. The molecule has 2 aromatic rings. The second-order valence-electron chi connectivity index (χ2n) is 6.08. The quantitative estimate of drug-likeness (QED) is 0.543. The Morgan fingerprint density at radius 1 is 1.21 bits per heavy atom. The molecule has 1 N–H and O–H groups in total. The number of nitrogens with zero attached hydrogens (tertiary/aromatic N) is 1. The molecule has 1 amide bonds. The standard InChI is InChI=1S/C20H15F2NO3S2/c21-14-6-7-16(22)15(11-14)13-4-1-3-12(9-13)10-17-19(26)23(20(27)28-17)8-2-5-18(24)25/h1,3-4,6-7,9-11H,2,5,8H2,(H,24,25)/b17-10-. The first-order valence-electron chi connectivity index (χ1n) is 8.38. The van der Waals surface area contributed by atoms with Crippen LogP contribution in [0.2, 0.25) is 0 Å². The summed E-state index contributed by atoms with van der Waals surface area (Å²) in [6.07, 6.45) is 1.90. The Kier molecular flexibility index (Phi) is 6.21. The van der Waals surface area contributed by atoms with Crippen LogP contribution < -0.4 is 0 Å². The molecule has 0 saturated carbocycles. The number of thiocarbonyl (C=S) groups is 1. The van der Waals surface area contributed by atoms with Crippen molar-refractivity contribution in [2.45, 2.75) is 12.8 Å². The zero-order valence-corrected chi connectivity index (χ0v) is 16.2. The minimum Gasteiger partial charge on any atom is -0.481 e. The molecule has 1 fully saturated rings. The van der Waals surface area contributed by atoms with E-state index in [4.69, 9.17) is 17.3 Å². The Labute approximate surface area is 169 Å². The summed E-state index contributed by atoms with van der Waals surface area (Å²) in [6.45, 7) is 0.239. The predicted octanol–water partition coefficient (Wildman–Crippen LogP) is 4.70. The van der Waals surface area contributed by atoms with Crippen LogP contribution in [0.25, 0.3) is 17.2 Å². The van der Waals surface area contributed by atoms with Crippen molar-refractivity contribution in [2.75, 3.05) is 6.54 Å². The van der Waals surface area contributed by atoms with Crippen LogP contribution in [0.5, 0.6) is 0 Å². The fourth-order valence-electron chi connectivity index (χ4n) is 2.75. The van der Waals surface area contributed by atoms with E-state index in [1.165, 1.54) is 4.90 Å². The van der Waals surface area contributed by atoms with Crippen molar-refractivity contribution in [3.05, 3.63) is 64.6 Å². The lowest BCUT2D eigenvalue weighted by molar-refractivity contribution is -0.137. The number of aliphatic carboxylic acids is 1. The highest BCUT2D eigenvalue weighted by Crippen LogP contribution is 2.33. The molecule has 2 aromatic carbocycles. The second kappa shape index (κ2) is 8.62. The lowest BCUT2D eigenvalue weighted by atomic mass is 10.0. The maximum atomic E-state index is 14.0. The van der Waals surface area contributed by atoms with E-state index < -0.39 is 17.6 Å². The number of benzene rings is 2. The van der Waals surface area contributed by atoms with Crippen molar-refractivity contribution in [1.82, 2.24) is 4.90 Å². The summed E-state index contributed by atoms with van der Waals surface area (Å²) in [5.41, 5.74) is 1.27. The third-order valence-corrected chi connectivity index (χ3v) is 5.45. The number of carbonyl (C=O) groups excluding carboxylic acids is 1. The Hall–Kier alpha value is -2.58. The highest BCUT2D eigenvalue weighted by molar-refractivity contribution is 8.26. The number of hydrogen-bond donors (Lipinski definition) is 1.